The van der Waals surface area contributed by atoms with Crippen LogP contribution in [0.5, 0.6) is 0 Å². The first kappa shape index (κ1) is 26.9. The molecule has 0 bridgehead atoms. The number of guanidine groups is 1. The van der Waals surface area contributed by atoms with Crippen molar-refractivity contribution < 1.29 is 14.6 Å². The third-order valence-corrected chi connectivity index (χ3v) is 5.74. The number of fused-ring (bicyclic) bond motifs is 1. The second-order valence-corrected chi connectivity index (χ2v) is 9.12. The Labute approximate surface area is 203 Å². The molecule has 1 radical (unpaired) electrons. The number of hydrazine groups is 1. The van der Waals surface area contributed by atoms with Crippen molar-refractivity contribution in [2.45, 2.75) is 44.0 Å². The Morgan fingerprint density at radius 3 is 2.62 bits per heavy atom. The lowest BCUT2D eigenvalue weighted by atomic mass is 10.1. The van der Waals surface area contributed by atoms with Crippen LogP contribution in [0.4, 0.5) is 0 Å². The number of carbonyl (C=O) groups excluding carboxylic acids is 2. The molecule has 2 amide bonds. The smallest absolute Gasteiger partial charge is 0.251 e. The Morgan fingerprint density at radius 1 is 1.18 bits per heavy atom. The molecule has 2 aromatic carbocycles. The summed E-state index contributed by atoms with van der Waals surface area (Å²) in [6, 6.07) is 13.2. The summed E-state index contributed by atoms with van der Waals surface area (Å²) in [6.07, 6.45) is 1.43. The number of thioether (sulfide) groups is 1. The zero-order valence-corrected chi connectivity index (χ0v) is 20.1. The van der Waals surface area contributed by atoms with Gasteiger partial charge in [0.15, 0.2) is 5.03 Å². The van der Waals surface area contributed by atoms with Gasteiger partial charge >= 0.3 is 0 Å². The van der Waals surface area contributed by atoms with Crippen molar-refractivity contribution in [1.82, 2.24) is 21.4 Å². The third-order valence-electron chi connectivity index (χ3n) is 4.75. The summed E-state index contributed by atoms with van der Waals surface area (Å²) in [5.74, 6) is -0.475. The molecule has 0 spiro atoms. The highest BCUT2D eigenvalue weighted by Gasteiger charge is 2.20. The van der Waals surface area contributed by atoms with E-state index >= 15 is 0 Å². The van der Waals surface area contributed by atoms with Crippen molar-refractivity contribution in [2.24, 2.45) is 5.92 Å². The molecule has 11 heteroatoms. The molecular weight excluding hydrogens is 456 g/mol. The minimum atomic E-state index is -0.830. The summed E-state index contributed by atoms with van der Waals surface area (Å²) in [6.45, 7) is 5.99. The fourth-order valence-corrected chi connectivity index (χ4v) is 3.81. The zero-order chi connectivity index (χ0) is 24.9. The molecule has 10 nitrogen and oxygen atoms in total. The average Bonchev–Trinajstić information content (AvgIpc) is 2.78. The van der Waals surface area contributed by atoms with Crippen LogP contribution < -0.4 is 21.4 Å². The monoisotopic (exact) mass is 487 g/mol. The summed E-state index contributed by atoms with van der Waals surface area (Å²) in [7, 11) is 0. The predicted octanol–water partition coefficient (Wildman–Crippen LogP) is 2.83. The molecule has 0 unspecified atom stereocenters. The van der Waals surface area contributed by atoms with Crippen LogP contribution in [0.1, 0.15) is 33.1 Å². The predicted molar refractivity (Wildman–Crippen MR) is 134 cm³/mol. The quantitative estimate of drug-likeness (QED) is 0.0728. The van der Waals surface area contributed by atoms with E-state index in [2.05, 4.69) is 16.0 Å². The third kappa shape index (κ3) is 10.1. The van der Waals surface area contributed by atoms with Gasteiger partial charge in [-0.1, -0.05) is 49.6 Å². The highest BCUT2D eigenvalue weighted by Crippen LogP contribution is 2.23. The number of hydrogen-bond acceptors (Lipinski definition) is 6. The van der Waals surface area contributed by atoms with Crippen molar-refractivity contribution in [3.8, 4) is 0 Å². The highest BCUT2D eigenvalue weighted by atomic mass is 32.2. The number of rotatable bonds is 13. The zero-order valence-electron chi connectivity index (χ0n) is 19.3. The van der Waals surface area contributed by atoms with Gasteiger partial charge in [0, 0.05) is 18.0 Å². The fourth-order valence-electron chi connectivity index (χ4n) is 3.06. The Kier molecular flexibility index (Phi) is 11.1. The van der Waals surface area contributed by atoms with Crippen molar-refractivity contribution in [3.63, 3.8) is 0 Å². The number of nitrogens with zero attached hydrogens (tertiary/aromatic N) is 1. The molecule has 2 aromatic rings. The van der Waals surface area contributed by atoms with E-state index in [0.717, 1.165) is 15.7 Å². The number of hydrogen-bond donors (Lipinski definition) is 5. The second kappa shape index (κ2) is 14.0. The molecule has 0 heterocycles. The summed E-state index contributed by atoms with van der Waals surface area (Å²) in [4.78, 5) is 36.5. The van der Waals surface area contributed by atoms with Gasteiger partial charge in [-0.2, -0.15) is 0 Å². The van der Waals surface area contributed by atoms with Crippen molar-refractivity contribution in [1.29, 1.82) is 5.41 Å². The summed E-state index contributed by atoms with van der Waals surface area (Å²) in [5.41, 5.74) is 1.71. The van der Waals surface area contributed by atoms with Gasteiger partial charge in [0.1, 0.15) is 6.04 Å². The lowest BCUT2D eigenvalue weighted by Crippen LogP contribution is -2.47. The molecule has 1 atom stereocenters. The number of carbonyl (C=O) groups is 2. The number of nitrogens with one attached hydrogen (secondary N) is 5. The van der Waals surface area contributed by atoms with Gasteiger partial charge in [-0.3, -0.25) is 15.0 Å². The second-order valence-electron chi connectivity index (χ2n) is 8.07. The van der Waals surface area contributed by atoms with Crippen LogP contribution >= 0.6 is 11.8 Å². The standard InChI is InChI=1S/C23H31N6O4S/c1-16(2)11-13-25-22(31)20(8-5-12-26-23(24)28-29(32)33)27-21(30)15-34-19-10-9-17-6-3-4-7-18(17)14-19/h3-4,6-7,9-10,13-14,16,20H,5,8,11-12,15H2,1-2H3,(H,25,31)(H,27,30)(H3,24,26,28)/t20-/m0/s1. The van der Waals surface area contributed by atoms with E-state index in [4.69, 9.17) is 5.41 Å². The van der Waals surface area contributed by atoms with Crippen LogP contribution in [0.2, 0.25) is 0 Å². The lowest BCUT2D eigenvalue weighted by Gasteiger charge is -2.19. The molecular formula is C23H31N6O4S. The molecule has 0 saturated carbocycles. The van der Waals surface area contributed by atoms with Crippen molar-refractivity contribution in [3.05, 3.63) is 59.1 Å². The average molecular weight is 488 g/mol. The molecule has 0 aliphatic heterocycles. The summed E-state index contributed by atoms with van der Waals surface area (Å²) >= 11 is 1.39. The van der Waals surface area contributed by atoms with Crippen LogP contribution in [0.15, 0.2) is 47.4 Å². The van der Waals surface area contributed by atoms with E-state index in [9.17, 15) is 19.7 Å². The highest BCUT2D eigenvalue weighted by molar-refractivity contribution is 8.00. The maximum atomic E-state index is 12.6. The summed E-state index contributed by atoms with van der Waals surface area (Å²) < 4.78 is 0. The fraction of sp³-hybridized carbons (Fsp3) is 0.391. The van der Waals surface area contributed by atoms with Crippen molar-refractivity contribution >= 4 is 40.3 Å². The van der Waals surface area contributed by atoms with Gasteiger partial charge < -0.3 is 16.0 Å². The van der Waals surface area contributed by atoms with Crippen LogP contribution in [0.25, 0.3) is 10.8 Å². The Balaban J connectivity index is 1.88. The molecule has 0 fully saturated rings. The molecule has 0 aromatic heterocycles. The van der Waals surface area contributed by atoms with Gasteiger partial charge in [0.05, 0.1) is 5.75 Å². The molecule has 5 N–H and O–H groups in total. The first-order chi connectivity index (χ1) is 16.2. The van der Waals surface area contributed by atoms with E-state index in [-0.39, 0.29) is 24.1 Å². The topological polar surface area (TPSA) is 149 Å². The largest absolute Gasteiger partial charge is 0.352 e. The minimum Gasteiger partial charge on any atom is -0.352 e. The van der Waals surface area contributed by atoms with E-state index in [1.54, 1.807) is 12.0 Å². The molecule has 0 aliphatic carbocycles. The van der Waals surface area contributed by atoms with Gasteiger partial charge in [-0.25, -0.2) is 10.1 Å². The van der Waals surface area contributed by atoms with Gasteiger partial charge in [-0.05, 0) is 48.1 Å². The Hall–Kier alpha value is -3.34. The normalized spacial score (nSPS) is 11.6. The van der Waals surface area contributed by atoms with E-state index in [1.165, 1.54) is 11.8 Å². The Bertz CT molecular complexity index is 1000. The molecule has 34 heavy (non-hydrogen) atoms. The number of amides is 2. The van der Waals surface area contributed by atoms with Crippen LogP contribution in [0.3, 0.4) is 0 Å². The molecule has 2 rings (SSSR count). The molecule has 0 aliphatic rings. The molecule has 0 saturated heterocycles. The van der Waals surface area contributed by atoms with E-state index in [1.807, 2.05) is 56.3 Å². The van der Waals surface area contributed by atoms with E-state index < -0.39 is 17.0 Å². The minimum absolute atomic E-state index is 0.160. The van der Waals surface area contributed by atoms with Crippen LogP contribution in [-0.4, -0.2) is 41.1 Å². The van der Waals surface area contributed by atoms with Crippen LogP contribution in [0, 0.1) is 28.0 Å². The first-order valence-electron chi connectivity index (χ1n) is 11.0. The number of nitro groups is 1. The summed E-state index contributed by atoms with van der Waals surface area (Å²) in [5, 5.41) is 27.2. The van der Waals surface area contributed by atoms with Crippen LogP contribution in [-0.2, 0) is 9.59 Å². The first-order valence-corrected chi connectivity index (χ1v) is 12.0. The van der Waals surface area contributed by atoms with Crippen molar-refractivity contribution in [2.75, 3.05) is 12.3 Å². The maximum Gasteiger partial charge on any atom is 0.251 e. The lowest BCUT2D eigenvalue weighted by molar-refractivity contribution is -0.525. The SMILES string of the molecule is CC(C)C[CH]NC(=O)[C@H](CCCNC(=N)N[N+](=O)[O-])NC(=O)CSc1ccc2ccccc2c1. The van der Waals surface area contributed by atoms with E-state index in [0.29, 0.717) is 25.2 Å². The van der Waals surface area contributed by atoms with Gasteiger partial charge in [0.25, 0.3) is 5.96 Å². The maximum absolute atomic E-state index is 12.6. The van der Waals surface area contributed by atoms with Gasteiger partial charge in [0.2, 0.25) is 11.8 Å². The Morgan fingerprint density at radius 2 is 1.91 bits per heavy atom. The van der Waals surface area contributed by atoms with Gasteiger partial charge in [-0.15, -0.1) is 11.8 Å². The molecule has 183 valence electrons. The number of benzene rings is 2.